The molecule has 110 valence electrons. The molecule has 0 saturated carbocycles. The Morgan fingerprint density at radius 2 is 1.36 bits per heavy atom. The molecule has 0 aliphatic carbocycles. The Kier molecular flexibility index (Phi) is 3.63. The Bertz CT molecular complexity index is 775. The maximum Gasteiger partial charge on any atom is 0.247 e. The van der Waals surface area contributed by atoms with Gasteiger partial charge < -0.3 is 0 Å². The van der Waals surface area contributed by atoms with Gasteiger partial charge in [-0.3, -0.25) is 0 Å². The molecule has 22 heavy (non-hydrogen) atoms. The van der Waals surface area contributed by atoms with E-state index in [1.807, 2.05) is 0 Å². The predicted molar refractivity (Wildman–Crippen MR) is 73.2 cm³/mol. The second-order valence-corrected chi connectivity index (χ2v) is 4.68. The van der Waals surface area contributed by atoms with Crippen molar-refractivity contribution in [3.63, 3.8) is 0 Å². The van der Waals surface area contributed by atoms with Gasteiger partial charge in [0.15, 0.2) is 12.0 Å². The van der Waals surface area contributed by atoms with Crippen LogP contribution in [0.25, 0.3) is 16.9 Å². The maximum absolute atomic E-state index is 14.0. The normalized spacial score (nSPS) is 10.7. The summed E-state index contributed by atoms with van der Waals surface area (Å²) >= 11 is 0. The van der Waals surface area contributed by atoms with Crippen molar-refractivity contribution in [1.82, 2.24) is 0 Å². The summed E-state index contributed by atoms with van der Waals surface area (Å²) in [7, 11) is 0. The van der Waals surface area contributed by atoms with Crippen LogP contribution in [0.3, 0.4) is 0 Å². The molecule has 1 heterocycles. The molecule has 1 nitrogen and oxygen atoms in total. The number of rotatable bonds is 2. The molecule has 0 amide bonds. The van der Waals surface area contributed by atoms with Gasteiger partial charge in [-0.2, -0.15) is 8.96 Å². The molecule has 0 unspecified atom stereocenters. The summed E-state index contributed by atoms with van der Waals surface area (Å²) in [4.78, 5) is 0. The lowest BCUT2D eigenvalue weighted by molar-refractivity contribution is -0.586. The first kappa shape index (κ1) is 14.3. The molecule has 3 aromatic rings. The van der Waals surface area contributed by atoms with E-state index in [1.165, 1.54) is 22.9 Å². The number of pyridine rings is 1. The predicted octanol–water partition coefficient (Wildman–Crippen LogP) is 4.19. The lowest BCUT2D eigenvalue weighted by Gasteiger charge is -2.05. The van der Waals surface area contributed by atoms with Crippen molar-refractivity contribution in [1.29, 1.82) is 0 Å². The lowest BCUT2D eigenvalue weighted by Crippen LogP contribution is -2.34. The quantitative estimate of drug-likeness (QED) is 0.494. The third kappa shape index (κ3) is 2.57. The molecule has 3 rings (SSSR count). The molecule has 0 radical (unpaired) electrons. The van der Waals surface area contributed by atoms with Gasteiger partial charge in [0.2, 0.25) is 11.4 Å². The van der Waals surface area contributed by atoms with Crippen LogP contribution >= 0.6 is 0 Å². The fourth-order valence-corrected chi connectivity index (χ4v) is 2.25. The maximum atomic E-state index is 14.0. The van der Waals surface area contributed by atoms with Crippen molar-refractivity contribution in [2.24, 2.45) is 0 Å². The minimum Gasteiger partial charge on any atom is -0.207 e. The summed E-state index contributed by atoms with van der Waals surface area (Å²) in [6.07, 6.45) is 1.52. The Morgan fingerprint density at radius 1 is 0.682 bits per heavy atom. The molecule has 0 aliphatic heterocycles. The van der Waals surface area contributed by atoms with Crippen LogP contribution in [-0.2, 0) is 0 Å². The summed E-state index contributed by atoms with van der Waals surface area (Å²) in [5.41, 5.74) is 0.511. The summed E-state index contributed by atoms with van der Waals surface area (Å²) in [6, 6.07) is 11.1. The number of hydrogen-bond donors (Lipinski definition) is 0. The Balaban J connectivity index is 2.22. The first-order valence-corrected chi connectivity index (χ1v) is 6.48. The van der Waals surface area contributed by atoms with Crippen LogP contribution in [0.4, 0.5) is 17.6 Å². The van der Waals surface area contributed by atoms with E-state index >= 15 is 0 Å². The van der Waals surface area contributed by atoms with Crippen LogP contribution in [-0.4, -0.2) is 0 Å². The third-order valence-corrected chi connectivity index (χ3v) is 3.24. The highest BCUT2D eigenvalue weighted by Gasteiger charge is 2.21. The van der Waals surface area contributed by atoms with E-state index in [1.54, 1.807) is 18.2 Å². The minimum absolute atomic E-state index is 0.0701. The van der Waals surface area contributed by atoms with E-state index in [2.05, 4.69) is 0 Å². The van der Waals surface area contributed by atoms with Crippen LogP contribution in [0.5, 0.6) is 0 Å². The molecular weight excluding hydrogens is 294 g/mol. The third-order valence-electron chi connectivity index (χ3n) is 3.24. The topological polar surface area (TPSA) is 3.88 Å². The van der Waals surface area contributed by atoms with Crippen molar-refractivity contribution in [3.05, 3.63) is 84.1 Å². The molecule has 0 spiro atoms. The van der Waals surface area contributed by atoms with Crippen molar-refractivity contribution in [2.75, 3.05) is 0 Å². The highest BCUT2D eigenvalue weighted by atomic mass is 19.1. The SMILES string of the molecule is Fc1ccc(-c2cccc[n+]2-c2ccc(F)cc2F)c(F)c1. The number of hydrogen-bond acceptors (Lipinski definition) is 0. The van der Waals surface area contributed by atoms with E-state index in [-0.39, 0.29) is 11.3 Å². The summed E-state index contributed by atoms with van der Waals surface area (Å²) in [5.74, 6) is -2.94. The molecule has 1 aromatic heterocycles. The molecule has 0 aliphatic rings. The average molecular weight is 304 g/mol. The number of aromatic nitrogens is 1. The first-order valence-electron chi connectivity index (χ1n) is 6.48. The summed E-state index contributed by atoms with van der Waals surface area (Å²) in [6.45, 7) is 0. The number of halogens is 4. The first-order chi connectivity index (χ1) is 10.6. The summed E-state index contributed by atoms with van der Waals surface area (Å²) < 4.78 is 55.4. The standard InChI is InChI=1S/C17H10F4N/c18-11-4-6-13(14(20)9-11)16-3-1-2-8-22(16)17-7-5-12(19)10-15(17)21/h1-10H/q+1. The Hall–Kier alpha value is -2.69. The Labute approximate surface area is 124 Å². The molecule has 0 atom stereocenters. The van der Waals surface area contributed by atoms with E-state index in [9.17, 15) is 17.6 Å². The van der Waals surface area contributed by atoms with Gasteiger partial charge in [0.05, 0.1) is 5.56 Å². The van der Waals surface area contributed by atoms with Gasteiger partial charge in [0, 0.05) is 30.3 Å². The van der Waals surface area contributed by atoms with Crippen molar-refractivity contribution < 1.29 is 22.1 Å². The highest BCUT2D eigenvalue weighted by molar-refractivity contribution is 5.57. The van der Waals surface area contributed by atoms with Gasteiger partial charge in [0.1, 0.15) is 17.5 Å². The second-order valence-electron chi connectivity index (χ2n) is 4.68. The Morgan fingerprint density at radius 3 is 2.05 bits per heavy atom. The zero-order valence-corrected chi connectivity index (χ0v) is 11.2. The van der Waals surface area contributed by atoms with E-state index in [0.717, 1.165) is 24.3 Å². The molecule has 2 aromatic carbocycles. The molecular formula is C17H10F4N+. The highest BCUT2D eigenvalue weighted by Crippen LogP contribution is 2.22. The van der Waals surface area contributed by atoms with Gasteiger partial charge in [-0.05, 0) is 24.3 Å². The van der Waals surface area contributed by atoms with Gasteiger partial charge in [-0.1, -0.05) is 0 Å². The molecule has 0 saturated heterocycles. The van der Waals surface area contributed by atoms with E-state index < -0.39 is 23.3 Å². The monoisotopic (exact) mass is 304 g/mol. The number of benzene rings is 2. The van der Waals surface area contributed by atoms with Crippen LogP contribution in [0, 0.1) is 23.3 Å². The largest absolute Gasteiger partial charge is 0.247 e. The van der Waals surface area contributed by atoms with Gasteiger partial charge in [0.25, 0.3) is 0 Å². The number of nitrogens with zero attached hydrogens (tertiary/aromatic N) is 1. The molecule has 5 heteroatoms. The molecule has 0 bridgehead atoms. The minimum atomic E-state index is -0.778. The van der Waals surface area contributed by atoms with Crippen molar-refractivity contribution in [3.8, 4) is 16.9 Å². The average Bonchev–Trinajstić information content (AvgIpc) is 2.48. The summed E-state index contributed by atoms with van der Waals surface area (Å²) in [5, 5.41) is 0. The van der Waals surface area contributed by atoms with Gasteiger partial charge >= 0.3 is 0 Å². The lowest BCUT2D eigenvalue weighted by atomic mass is 10.1. The van der Waals surface area contributed by atoms with Crippen molar-refractivity contribution >= 4 is 0 Å². The van der Waals surface area contributed by atoms with Crippen LogP contribution in [0.2, 0.25) is 0 Å². The van der Waals surface area contributed by atoms with Crippen molar-refractivity contribution in [2.45, 2.75) is 0 Å². The fraction of sp³-hybridized carbons (Fsp3) is 0. The van der Waals surface area contributed by atoms with Gasteiger partial charge in [-0.25, -0.2) is 13.2 Å². The smallest absolute Gasteiger partial charge is 0.207 e. The van der Waals surface area contributed by atoms with Crippen LogP contribution in [0.1, 0.15) is 0 Å². The van der Waals surface area contributed by atoms with Crippen LogP contribution in [0.15, 0.2) is 60.8 Å². The molecule has 0 N–H and O–H groups in total. The van der Waals surface area contributed by atoms with Gasteiger partial charge in [-0.15, -0.1) is 0 Å². The zero-order valence-electron chi connectivity index (χ0n) is 11.2. The molecule has 0 fully saturated rings. The van der Waals surface area contributed by atoms with Crippen LogP contribution < -0.4 is 4.57 Å². The second kappa shape index (κ2) is 5.60. The zero-order chi connectivity index (χ0) is 15.7. The fourth-order valence-electron chi connectivity index (χ4n) is 2.25. The van der Waals surface area contributed by atoms with E-state index in [0.29, 0.717) is 5.69 Å². The van der Waals surface area contributed by atoms with E-state index in [4.69, 9.17) is 0 Å².